The van der Waals surface area contributed by atoms with Crippen LogP contribution in [0.3, 0.4) is 0 Å². The Morgan fingerprint density at radius 3 is 2.81 bits per heavy atom. The summed E-state index contributed by atoms with van der Waals surface area (Å²) in [6.45, 7) is 2.20. The molecule has 0 unspecified atom stereocenters. The smallest absolute Gasteiger partial charge is 0.251 e. The van der Waals surface area contributed by atoms with Gasteiger partial charge in [0.25, 0.3) is 5.91 Å². The van der Waals surface area contributed by atoms with E-state index in [4.69, 9.17) is 4.74 Å². The SMILES string of the molecule is O=C(NCCc1nc2ccccc2[nH]1)c1ccc([C@H]2CCCOC2)cc1. The summed E-state index contributed by atoms with van der Waals surface area (Å²) in [7, 11) is 0. The number of nitrogens with one attached hydrogen (secondary N) is 2. The monoisotopic (exact) mass is 349 g/mol. The second kappa shape index (κ2) is 7.70. The van der Waals surface area contributed by atoms with E-state index in [1.54, 1.807) is 0 Å². The minimum atomic E-state index is -0.0486. The van der Waals surface area contributed by atoms with Crippen LogP contribution in [-0.4, -0.2) is 35.6 Å². The summed E-state index contributed by atoms with van der Waals surface area (Å²) in [5, 5.41) is 2.97. The molecule has 2 aromatic carbocycles. The number of para-hydroxylation sites is 2. The minimum absolute atomic E-state index is 0.0486. The van der Waals surface area contributed by atoms with Gasteiger partial charge in [-0.15, -0.1) is 0 Å². The molecule has 1 aromatic heterocycles. The molecule has 2 N–H and O–H groups in total. The van der Waals surface area contributed by atoms with Crippen LogP contribution in [0.4, 0.5) is 0 Å². The fourth-order valence-electron chi connectivity index (χ4n) is 3.43. The van der Waals surface area contributed by atoms with Crippen LogP contribution in [0, 0.1) is 0 Å². The minimum Gasteiger partial charge on any atom is -0.381 e. The highest BCUT2D eigenvalue weighted by Gasteiger charge is 2.16. The Bertz CT molecular complexity index is 847. The fourth-order valence-corrected chi connectivity index (χ4v) is 3.43. The normalized spacial score (nSPS) is 17.3. The number of ether oxygens (including phenoxy) is 1. The number of benzene rings is 2. The van der Waals surface area contributed by atoms with Gasteiger partial charge in [-0.3, -0.25) is 4.79 Å². The highest BCUT2D eigenvalue weighted by Crippen LogP contribution is 2.25. The topological polar surface area (TPSA) is 67.0 Å². The van der Waals surface area contributed by atoms with E-state index in [1.165, 1.54) is 5.56 Å². The zero-order chi connectivity index (χ0) is 17.8. The van der Waals surface area contributed by atoms with Crippen LogP contribution in [-0.2, 0) is 11.2 Å². The van der Waals surface area contributed by atoms with Crippen LogP contribution in [0.5, 0.6) is 0 Å². The van der Waals surface area contributed by atoms with Crippen LogP contribution in [0.2, 0.25) is 0 Å². The number of H-pyrrole nitrogens is 1. The van der Waals surface area contributed by atoms with Crippen molar-refractivity contribution in [3.8, 4) is 0 Å². The third-order valence-electron chi connectivity index (χ3n) is 4.89. The number of aromatic amines is 1. The van der Waals surface area contributed by atoms with Gasteiger partial charge >= 0.3 is 0 Å². The predicted molar refractivity (Wildman–Crippen MR) is 101 cm³/mol. The molecule has 5 heteroatoms. The van der Waals surface area contributed by atoms with Gasteiger partial charge < -0.3 is 15.0 Å². The highest BCUT2D eigenvalue weighted by molar-refractivity contribution is 5.94. The van der Waals surface area contributed by atoms with E-state index in [-0.39, 0.29) is 5.91 Å². The molecule has 0 saturated carbocycles. The Morgan fingerprint density at radius 2 is 2.04 bits per heavy atom. The molecule has 1 atom stereocenters. The average Bonchev–Trinajstić information content (AvgIpc) is 3.11. The Morgan fingerprint density at radius 1 is 1.19 bits per heavy atom. The van der Waals surface area contributed by atoms with Crippen molar-refractivity contribution in [2.24, 2.45) is 0 Å². The standard InChI is InChI=1S/C21H23N3O2/c25-21(16-9-7-15(8-10-16)17-4-3-13-26-14-17)22-12-11-20-23-18-5-1-2-6-19(18)24-20/h1-2,5-10,17H,3-4,11-14H2,(H,22,25)(H,23,24)/t17-/m0/s1. The van der Waals surface area contributed by atoms with Gasteiger partial charge in [-0.2, -0.15) is 0 Å². The summed E-state index contributed by atoms with van der Waals surface area (Å²) < 4.78 is 5.54. The summed E-state index contributed by atoms with van der Waals surface area (Å²) in [5.74, 6) is 1.29. The molecule has 4 rings (SSSR count). The van der Waals surface area contributed by atoms with Gasteiger partial charge in [0.05, 0.1) is 17.6 Å². The summed E-state index contributed by atoms with van der Waals surface area (Å²) >= 11 is 0. The first-order chi connectivity index (χ1) is 12.8. The molecule has 1 saturated heterocycles. The van der Waals surface area contributed by atoms with Gasteiger partial charge in [-0.1, -0.05) is 24.3 Å². The Balaban J connectivity index is 1.31. The highest BCUT2D eigenvalue weighted by atomic mass is 16.5. The molecule has 0 bridgehead atoms. The van der Waals surface area contributed by atoms with Crippen molar-refractivity contribution < 1.29 is 9.53 Å². The maximum Gasteiger partial charge on any atom is 0.251 e. The molecule has 0 aliphatic carbocycles. The maximum absolute atomic E-state index is 12.3. The van der Waals surface area contributed by atoms with E-state index in [2.05, 4.69) is 15.3 Å². The van der Waals surface area contributed by atoms with Crippen molar-refractivity contribution in [2.45, 2.75) is 25.2 Å². The van der Waals surface area contributed by atoms with Crippen molar-refractivity contribution in [3.63, 3.8) is 0 Å². The molecule has 1 aliphatic rings. The zero-order valence-electron chi connectivity index (χ0n) is 14.7. The van der Waals surface area contributed by atoms with Crippen LogP contribution in [0.1, 0.15) is 40.5 Å². The van der Waals surface area contributed by atoms with Crippen molar-refractivity contribution in [3.05, 3.63) is 65.5 Å². The third-order valence-corrected chi connectivity index (χ3v) is 4.89. The lowest BCUT2D eigenvalue weighted by Crippen LogP contribution is -2.26. The molecule has 1 aliphatic heterocycles. The Hall–Kier alpha value is -2.66. The van der Waals surface area contributed by atoms with Gasteiger partial charge in [0.15, 0.2) is 0 Å². The average molecular weight is 349 g/mol. The lowest BCUT2D eigenvalue weighted by Gasteiger charge is -2.22. The first-order valence-electron chi connectivity index (χ1n) is 9.19. The molecule has 0 radical (unpaired) electrons. The Labute approximate surface area is 152 Å². The van der Waals surface area contributed by atoms with Crippen molar-refractivity contribution >= 4 is 16.9 Å². The van der Waals surface area contributed by atoms with E-state index < -0.39 is 0 Å². The number of aromatic nitrogens is 2. The molecule has 134 valence electrons. The van der Waals surface area contributed by atoms with E-state index in [0.717, 1.165) is 42.9 Å². The van der Waals surface area contributed by atoms with Gasteiger partial charge in [0.1, 0.15) is 5.82 Å². The van der Waals surface area contributed by atoms with Crippen LogP contribution in [0.25, 0.3) is 11.0 Å². The second-order valence-corrected chi connectivity index (χ2v) is 6.74. The summed E-state index contributed by atoms with van der Waals surface area (Å²) in [6.07, 6.45) is 2.94. The number of imidazole rings is 1. The van der Waals surface area contributed by atoms with Crippen molar-refractivity contribution in [1.29, 1.82) is 0 Å². The van der Waals surface area contributed by atoms with Crippen LogP contribution >= 0.6 is 0 Å². The quantitative estimate of drug-likeness (QED) is 0.741. The van der Waals surface area contributed by atoms with E-state index in [9.17, 15) is 4.79 Å². The molecule has 26 heavy (non-hydrogen) atoms. The molecule has 5 nitrogen and oxygen atoms in total. The summed E-state index contributed by atoms with van der Waals surface area (Å²) in [6, 6.07) is 15.8. The maximum atomic E-state index is 12.3. The molecule has 2 heterocycles. The number of amides is 1. The van der Waals surface area contributed by atoms with Gasteiger partial charge in [0.2, 0.25) is 0 Å². The number of rotatable bonds is 5. The summed E-state index contributed by atoms with van der Waals surface area (Å²) in [4.78, 5) is 20.1. The fraction of sp³-hybridized carbons (Fsp3) is 0.333. The lowest BCUT2D eigenvalue weighted by atomic mass is 9.93. The molecule has 3 aromatic rings. The summed E-state index contributed by atoms with van der Waals surface area (Å²) in [5.41, 5.74) is 3.92. The van der Waals surface area contributed by atoms with Crippen LogP contribution < -0.4 is 5.32 Å². The first kappa shape index (κ1) is 16.8. The number of hydrogen-bond acceptors (Lipinski definition) is 3. The van der Waals surface area contributed by atoms with Gasteiger partial charge in [-0.05, 0) is 42.7 Å². The van der Waals surface area contributed by atoms with Gasteiger partial charge in [-0.25, -0.2) is 4.98 Å². The van der Waals surface area contributed by atoms with E-state index in [1.807, 2.05) is 48.5 Å². The molecule has 1 fully saturated rings. The zero-order valence-corrected chi connectivity index (χ0v) is 14.7. The number of carbonyl (C=O) groups is 1. The predicted octanol–water partition coefficient (Wildman–Crippen LogP) is 3.43. The number of nitrogens with zero attached hydrogens (tertiary/aromatic N) is 1. The van der Waals surface area contributed by atoms with Crippen molar-refractivity contribution in [2.75, 3.05) is 19.8 Å². The lowest BCUT2D eigenvalue weighted by molar-refractivity contribution is 0.0804. The first-order valence-corrected chi connectivity index (χ1v) is 9.19. The molecule has 0 spiro atoms. The molecular weight excluding hydrogens is 326 g/mol. The molecule has 1 amide bonds. The van der Waals surface area contributed by atoms with Crippen LogP contribution in [0.15, 0.2) is 48.5 Å². The van der Waals surface area contributed by atoms with Gasteiger partial charge in [0, 0.05) is 31.1 Å². The Kier molecular flexibility index (Phi) is 4.97. The molecular formula is C21H23N3O2. The van der Waals surface area contributed by atoms with E-state index >= 15 is 0 Å². The number of fused-ring (bicyclic) bond motifs is 1. The number of carbonyl (C=O) groups excluding carboxylic acids is 1. The second-order valence-electron chi connectivity index (χ2n) is 6.74. The third kappa shape index (κ3) is 3.78. The largest absolute Gasteiger partial charge is 0.381 e. The van der Waals surface area contributed by atoms with E-state index in [0.29, 0.717) is 24.4 Å². The number of hydrogen-bond donors (Lipinski definition) is 2. The van der Waals surface area contributed by atoms with Crippen molar-refractivity contribution in [1.82, 2.24) is 15.3 Å².